The maximum absolute atomic E-state index is 13.8. The molecule has 1 N–H and O–H groups in total. The van der Waals surface area contributed by atoms with E-state index >= 15 is 0 Å². The maximum atomic E-state index is 13.8. The van der Waals surface area contributed by atoms with E-state index in [2.05, 4.69) is 10.1 Å². The summed E-state index contributed by atoms with van der Waals surface area (Å²) in [5.41, 5.74) is -0.489. The Hall–Kier alpha value is -2.18. The molecule has 1 aromatic carbocycles. The second-order valence-corrected chi connectivity index (χ2v) is 5.95. The summed E-state index contributed by atoms with van der Waals surface area (Å²) >= 11 is 0. The van der Waals surface area contributed by atoms with Crippen molar-refractivity contribution in [3.05, 3.63) is 29.3 Å². The minimum Gasteiger partial charge on any atom is -0.465 e. The number of anilines is 1. The van der Waals surface area contributed by atoms with Crippen molar-refractivity contribution in [3.63, 3.8) is 0 Å². The van der Waals surface area contributed by atoms with Gasteiger partial charge < -0.3 is 15.0 Å². The Morgan fingerprint density at radius 2 is 1.88 bits per heavy atom. The highest BCUT2D eigenvalue weighted by Gasteiger charge is 2.22. The highest BCUT2D eigenvalue weighted by molar-refractivity contribution is 5.91. The average Bonchev–Trinajstić information content (AvgIpc) is 2.60. The molecular weight excluding hydrogens is 318 g/mol. The third kappa shape index (κ3) is 4.21. The molecule has 0 unspecified atom stereocenters. The number of hydrogen-bond acceptors (Lipinski definition) is 4. The van der Waals surface area contributed by atoms with Crippen molar-refractivity contribution in [2.45, 2.75) is 38.1 Å². The van der Waals surface area contributed by atoms with Gasteiger partial charge in [-0.2, -0.15) is 0 Å². The first-order chi connectivity index (χ1) is 11.4. The molecule has 1 aliphatic rings. The van der Waals surface area contributed by atoms with Crippen LogP contribution in [-0.4, -0.2) is 43.5 Å². The molecule has 1 saturated carbocycles. The van der Waals surface area contributed by atoms with Gasteiger partial charge in [-0.25, -0.2) is 13.6 Å². The molecule has 2 rings (SSSR count). The van der Waals surface area contributed by atoms with Crippen molar-refractivity contribution in [2.24, 2.45) is 0 Å². The predicted octanol–water partition coefficient (Wildman–Crippen LogP) is 2.95. The summed E-state index contributed by atoms with van der Waals surface area (Å²) < 4.78 is 31.9. The Bertz CT molecular complexity index is 616. The first-order valence-corrected chi connectivity index (χ1v) is 8.01. The van der Waals surface area contributed by atoms with Crippen LogP contribution in [0.1, 0.15) is 42.5 Å². The van der Waals surface area contributed by atoms with Crippen LogP contribution in [-0.2, 0) is 9.53 Å². The zero-order valence-electron chi connectivity index (χ0n) is 13.9. The van der Waals surface area contributed by atoms with Crippen molar-refractivity contribution in [3.8, 4) is 0 Å². The molecule has 1 aromatic rings. The van der Waals surface area contributed by atoms with Crippen LogP contribution in [0.3, 0.4) is 0 Å². The first-order valence-electron chi connectivity index (χ1n) is 8.01. The van der Waals surface area contributed by atoms with E-state index in [9.17, 15) is 18.4 Å². The van der Waals surface area contributed by atoms with Crippen LogP contribution in [0.25, 0.3) is 0 Å². The number of nitrogens with zero attached hydrogens (tertiary/aromatic N) is 1. The molecule has 0 heterocycles. The van der Waals surface area contributed by atoms with E-state index in [1.807, 2.05) is 0 Å². The molecule has 0 spiro atoms. The molecule has 1 aliphatic carbocycles. The first kappa shape index (κ1) is 18.2. The summed E-state index contributed by atoms with van der Waals surface area (Å²) in [6.45, 7) is -0.129. The molecule has 5 nitrogen and oxygen atoms in total. The highest BCUT2D eigenvalue weighted by atomic mass is 19.1. The zero-order chi connectivity index (χ0) is 17.7. The van der Waals surface area contributed by atoms with Crippen LogP contribution >= 0.6 is 0 Å². The van der Waals surface area contributed by atoms with Crippen molar-refractivity contribution < 1.29 is 23.1 Å². The van der Waals surface area contributed by atoms with Gasteiger partial charge in [0.2, 0.25) is 5.91 Å². The number of likely N-dealkylation sites (N-methyl/N-ethyl adjacent to an activating group) is 1. The summed E-state index contributed by atoms with van der Waals surface area (Å²) in [6, 6.07) is 1.82. The van der Waals surface area contributed by atoms with E-state index in [-0.39, 0.29) is 29.7 Å². The molecule has 0 bridgehead atoms. The largest absolute Gasteiger partial charge is 0.465 e. The Morgan fingerprint density at radius 1 is 1.21 bits per heavy atom. The van der Waals surface area contributed by atoms with E-state index < -0.39 is 17.6 Å². The van der Waals surface area contributed by atoms with Gasteiger partial charge in [0, 0.05) is 19.2 Å². The number of methoxy groups -OCH3 is 1. The zero-order valence-corrected chi connectivity index (χ0v) is 13.9. The van der Waals surface area contributed by atoms with Crippen LogP contribution in [0.4, 0.5) is 14.5 Å². The summed E-state index contributed by atoms with van der Waals surface area (Å²) in [6.07, 6.45) is 5.34. The normalized spacial score (nSPS) is 15.0. The summed E-state index contributed by atoms with van der Waals surface area (Å²) in [5.74, 6) is -2.95. The number of carbonyl (C=O) groups is 2. The monoisotopic (exact) mass is 340 g/mol. The van der Waals surface area contributed by atoms with E-state index in [0.29, 0.717) is 6.07 Å². The highest BCUT2D eigenvalue weighted by Crippen LogP contribution is 2.23. The van der Waals surface area contributed by atoms with Gasteiger partial charge in [0.25, 0.3) is 0 Å². The van der Waals surface area contributed by atoms with Gasteiger partial charge in [0.15, 0.2) is 0 Å². The molecule has 0 atom stereocenters. The number of carbonyl (C=O) groups excluding carboxylic acids is 2. The lowest BCUT2D eigenvalue weighted by Gasteiger charge is -2.31. The van der Waals surface area contributed by atoms with Gasteiger partial charge in [0.05, 0.1) is 24.9 Å². The van der Waals surface area contributed by atoms with Gasteiger partial charge in [-0.15, -0.1) is 0 Å². The number of ether oxygens (including phenoxy) is 1. The number of rotatable bonds is 5. The van der Waals surface area contributed by atoms with Crippen LogP contribution in [0.15, 0.2) is 12.1 Å². The molecule has 0 radical (unpaired) electrons. The Balaban J connectivity index is 2.02. The Morgan fingerprint density at radius 3 is 2.50 bits per heavy atom. The van der Waals surface area contributed by atoms with Crippen LogP contribution in [0.5, 0.6) is 0 Å². The number of amides is 1. The Labute approximate surface area is 140 Å². The Kier molecular flexibility index (Phi) is 6.11. The SMILES string of the molecule is COC(=O)c1cc(NCC(=O)N(C)C2CCCCC2)c(F)cc1F. The standard InChI is InChI=1S/C17H22F2N2O3/c1-21(11-6-4-3-5-7-11)16(22)10-20-15-8-12(17(23)24-2)13(18)9-14(15)19/h8-9,11,20H,3-7,10H2,1-2H3. The van der Waals surface area contributed by atoms with Crippen LogP contribution < -0.4 is 5.32 Å². The molecule has 24 heavy (non-hydrogen) atoms. The number of halogens is 2. The van der Waals surface area contributed by atoms with Gasteiger partial charge in [-0.3, -0.25) is 4.79 Å². The van der Waals surface area contributed by atoms with Crippen LogP contribution in [0, 0.1) is 11.6 Å². The number of esters is 1. The lowest BCUT2D eigenvalue weighted by Crippen LogP contribution is -2.41. The fraction of sp³-hybridized carbons (Fsp3) is 0.529. The number of hydrogen-bond donors (Lipinski definition) is 1. The third-order valence-corrected chi connectivity index (χ3v) is 4.41. The second-order valence-electron chi connectivity index (χ2n) is 5.95. The minimum absolute atomic E-state index is 0.109. The number of nitrogens with one attached hydrogen (secondary N) is 1. The molecular formula is C17H22F2N2O3. The minimum atomic E-state index is -1.00. The molecule has 1 fully saturated rings. The van der Waals surface area contributed by atoms with Gasteiger partial charge in [-0.1, -0.05) is 19.3 Å². The predicted molar refractivity (Wildman–Crippen MR) is 85.8 cm³/mol. The molecule has 0 aromatic heterocycles. The molecule has 1 amide bonds. The van der Waals surface area contributed by atoms with E-state index in [1.54, 1.807) is 11.9 Å². The smallest absolute Gasteiger partial charge is 0.340 e. The third-order valence-electron chi connectivity index (χ3n) is 4.41. The second kappa shape index (κ2) is 8.08. The molecule has 0 aliphatic heterocycles. The lowest BCUT2D eigenvalue weighted by molar-refractivity contribution is -0.130. The van der Waals surface area contributed by atoms with Crippen molar-refractivity contribution in [1.29, 1.82) is 0 Å². The fourth-order valence-corrected chi connectivity index (χ4v) is 2.92. The maximum Gasteiger partial charge on any atom is 0.340 e. The van der Waals surface area contributed by atoms with Crippen molar-refractivity contribution in [2.75, 3.05) is 26.0 Å². The molecule has 7 heteroatoms. The van der Waals surface area contributed by atoms with Crippen molar-refractivity contribution >= 4 is 17.6 Å². The summed E-state index contributed by atoms with van der Waals surface area (Å²) in [4.78, 5) is 25.4. The summed E-state index contributed by atoms with van der Waals surface area (Å²) in [5, 5.41) is 2.64. The topological polar surface area (TPSA) is 58.6 Å². The molecule has 132 valence electrons. The summed E-state index contributed by atoms with van der Waals surface area (Å²) in [7, 11) is 2.85. The van der Waals surface area contributed by atoms with Gasteiger partial charge in [0.1, 0.15) is 11.6 Å². The van der Waals surface area contributed by atoms with Gasteiger partial charge >= 0.3 is 5.97 Å². The number of benzene rings is 1. The van der Waals surface area contributed by atoms with E-state index in [0.717, 1.165) is 38.9 Å². The van der Waals surface area contributed by atoms with Gasteiger partial charge in [-0.05, 0) is 18.9 Å². The quantitative estimate of drug-likeness (QED) is 0.837. The fourth-order valence-electron chi connectivity index (χ4n) is 2.92. The lowest BCUT2D eigenvalue weighted by atomic mass is 9.94. The van der Waals surface area contributed by atoms with E-state index in [1.165, 1.54) is 6.42 Å². The van der Waals surface area contributed by atoms with Crippen LogP contribution in [0.2, 0.25) is 0 Å². The van der Waals surface area contributed by atoms with Crippen molar-refractivity contribution in [1.82, 2.24) is 4.90 Å². The molecule has 0 saturated heterocycles. The average molecular weight is 340 g/mol. The van der Waals surface area contributed by atoms with E-state index in [4.69, 9.17) is 0 Å².